The Bertz CT molecular complexity index is 1150. The number of Topliss-reactive ketones (excluding diaryl/α,β-unsaturated/α-hetero) is 1. The van der Waals surface area contributed by atoms with Crippen LogP contribution in [-0.2, 0) is 28.8 Å². The van der Waals surface area contributed by atoms with Gasteiger partial charge in [-0.2, -0.15) is 13.2 Å². The van der Waals surface area contributed by atoms with Crippen molar-refractivity contribution in [1.29, 1.82) is 0 Å². The van der Waals surface area contributed by atoms with Gasteiger partial charge in [0.15, 0.2) is 11.6 Å². The molecule has 2 heterocycles. The number of carbonyl (C=O) groups excluding carboxylic acids is 1. The zero-order valence-corrected chi connectivity index (χ0v) is 18.9. The van der Waals surface area contributed by atoms with E-state index in [2.05, 4.69) is 5.10 Å². The summed E-state index contributed by atoms with van der Waals surface area (Å²) in [5.41, 5.74) is -1.23. The van der Waals surface area contributed by atoms with Crippen LogP contribution in [-0.4, -0.2) is 33.8 Å². The third-order valence-electron chi connectivity index (χ3n) is 4.89. The van der Waals surface area contributed by atoms with E-state index in [4.69, 9.17) is 16.3 Å². The molecule has 0 fully saturated rings. The summed E-state index contributed by atoms with van der Waals surface area (Å²) >= 11 is 7.23. The van der Waals surface area contributed by atoms with Crippen molar-refractivity contribution in [3.8, 4) is 10.7 Å². The Morgan fingerprint density at radius 3 is 2.59 bits per heavy atom. The van der Waals surface area contributed by atoms with Gasteiger partial charge in [0.2, 0.25) is 0 Å². The number of carbonyl (C=O) groups is 1. The molecule has 11 heteroatoms. The summed E-state index contributed by atoms with van der Waals surface area (Å²) in [6.07, 6.45) is -4.67. The van der Waals surface area contributed by atoms with Crippen LogP contribution in [0.3, 0.4) is 0 Å². The fourth-order valence-electron chi connectivity index (χ4n) is 3.41. The monoisotopic (exact) mass is 487 g/mol. The number of benzene rings is 1. The number of thiophene rings is 1. The Labute approximate surface area is 191 Å². The maximum atomic E-state index is 13.3. The Balaban J connectivity index is 1.82. The second-order valence-electron chi connectivity index (χ2n) is 7.24. The van der Waals surface area contributed by atoms with Crippen LogP contribution in [0.1, 0.15) is 30.4 Å². The Hall–Kier alpha value is -2.43. The minimum absolute atomic E-state index is 0.0419. The molecule has 1 atom stereocenters. The number of nitrogens with zero attached hydrogens (tertiary/aromatic N) is 3. The van der Waals surface area contributed by atoms with E-state index in [-0.39, 0.29) is 31.7 Å². The smallest absolute Gasteiger partial charge is 0.383 e. The highest BCUT2D eigenvalue weighted by atomic mass is 35.5. The minimum atomic E-state index is -4.51. The van der Waals surface area contributed by atoms with Crippen molar-refractivity contribution in [2.24, 2.45) is 0 Å². The van der Waals surface area contributed by atoms with Gasteiger partial charge in [0.1, 0.15) is 6.54 Å². The van der Waals surface area contributed by atoms with Crippen molar-refractivity contribution in [3.05, 3.63) is 62.3 Å². The van der Waals surface area contributed by atoms with E-state index in [1.165, 1.54) is 41.2 Å². The molecule has 0 saturated carbocycles. The van der Waals surface area contributed by atoms with Crippen molar-refractivity contribution in [1.82, 2.24) is 14.3 Å². The first kappa shape index (κ1) is 24.2. The molecule has 3 aromatic rings. The number of ketones is 1. The average molecular weight is 488 g/mol. The highest BCUT2D eigenvalue weighted by molar-refractivity contribution is 7.19. The lowest BCUT2D eigenvalue weighted by atomic mass is 9.91. The van der Waals surface area contributed by atoms with E-state index < -0.39 is 29.1 Å². The molecule has 0 radical (unpaired) electrons. The van der Waals surface area contributed by atoms with Crippen LogP contribution >= 0.6 is 22.9 Å². The molecule has 0 N–H and O–H groups in total. The lowest BCUT2D eigenvalue weighted by Crippen LogP contribution is -2.29. The SMILES string of the molecule is COCCn1c(-c2ccc(Cl)s2)nn(CC(=O)C[C@@H](C)c2ccccc2C(F)(F)F)c1=O. The molecule has 1 aromatic carbocycles. The standard InChI is InChI=1S/C21H21ClF3N3O3S/c1-13(15-5-3-4-6-16(15)21(23,24)25)11-14(29)12-28-20(30)27(9-10-31-2)19(26-28)17-7-8-18(22)32-17/h3-8,13H,9-12H2,1-2H3/t13-/m1/s1. The topological polar surface area (TPSA) is 66.1 Å². The summed E-state index contributed by atoms with van der Waals surface area (Å²) in [6.45, 7) is 1.70. The first-order valence-corrected chi connectivity index (χ1v) is 10.9. The van der Waals surface area contributed by atoms with Crippen LogP contribution in [0.2, 0.25) is 4.34 Å². The average Bonchev–Trinajstić information content (AvgIpc) is 3.29. The number of alkyl halides is 3. The predicted octanol–water partition coefficient (Wildman–Crippen LogP) is 4.85. The molecule has 0 saturated heterocycles. The fourth-order valence-corrected chi connectivity index (χ4v) is 4.45. The Morgan fingerprint density at radius 2 is 1.97 bits per heavy atom. The lowest BCUT2D eigenvalue weighted by molar-refractivity contribution is -0.138. The highest BCUT2D eigenvalue weighted by Gasteiger charge is 2.34. The van der Waals surface area contributed by atoms with Crippen LogP contribution in [0.15, 0.2) is 41.2 Å². The number of hydrogen-bond donors (Lipinski definition) is 0. The molecule has 0 unspecified atom stereocenters. The third kappa shape index (κ3) is 5.48. The molecule has 0 bridgehead atoms. The number of halogens is 4. The van der Waals surface area contributed by atoms with Crippen LogP contribution in [0, 0.1) is 0 Å². The van der Waals surface area contributed by atoms with E-state index in [1.807, 2.05) is 0 Å². The number of methoxy groups -OCH3 is 1. The largest absolute Gasteiger partial charge is 0.416 e. The van der Waals surface area contributed by atoms with Crippen molar-refractivity contribution in [3.63, 3.8) is 0 Å². The Kier molecular flexibility index (Phi) is 7.58. The summed E-state index contributed by atoms with van der Waals surface area (Å²) in [5, 5.41) is 4.29. The van der Waals surface area contributed by atoms with Crippen LogP contribution in [0.4, 0.5) is 13.2 Å². The molecule has 0 aliphatic rings. The molecule has 3 rings (SSSR count). The van der Waals surface area contributed by atoms with Gasteiger partial charge in [0.05, 0.1) is 27.9 Å². The minimum Gasteiger partial charge on any atom is -0.383 e. The number of ether oxygens (including phenoxy) is 1. The first-order chi connectivity index (χ1) is 15.1. The van der Waals surface area contributed by atoms with E-state index in [1.54, 1.807) is 19.1 Å². The number of aromatic nitrogens is 3. The van der Waals surface area contributed by atoms with Gasteiger partial charge in [-0.1, -0.05) is 36.7 Å². The van der Waals surface area contributed by atoms with Crippen molar-refractivity contribution >= 4 is 28.7 Å². The van der Waals surface area contributed by atoms with Gasteiger partial charge in [-0.3, -0.25) is 9.36 Å². The van der Waals surface area contributed by atoms with Crippen LogP contribution < -0.4 is 5.69 Å². The molecular formula is C21H21ClF3N3O3S. The van der Waals surface area contributed by atoms with E-state index in [0.717, 1.165) is 10.7 Å². The van der Waals surface area contributed by atoms with Crippen molar-refractivity contribution in [2.45, 2.75) is 38.5 Å². The highest BCUT2D eigenvalue weighted by Crippen LogP contribution is 2.36. The van der Waals surface area contributed by atoms with Crippen molar-refractivity contribution < 1.29 is 22.7 Å². The van der Waals surface area contributed by atoms with Gasteiger partial charge in [0.25, 0.3) is 0 Å². The molecule has 0 amide bonds. The van der Waals surface area contributed by atoms with Crippen LogP contribution in [0.25, 0.3) is 10.7 Å². The Morgan fingerprint density at radius 1 is 1.25 bits per heavy atom. The molecule has 32 heavy (non-hydrogen) atoms. The van der Waals surface area contributed by atoms with Gasteiger partial charge in [-0.15, -0.1) is 16.4 Å². The summed E-state index contributed by atoms with van der Waals surface area (Å²) in [5.74, 6) is -0.724. The van der Waals surface area contributed by atoms with Gasteiger partial charge >= 0.3 is 11.9 Å². The second kappa shape index (κ2) is 10.0. The number of rotatable bonds is 9. The molecular weight excluding hydrogens is 467 g/mol. The quantitative estimate of drug-likeness (QED) is 0.432. The summed E-state index contributed by atoms with van der Waals surface area (Å²) in [6, 6.07) is 8.58. The summed E-state index contributed by atoms with van der Waals surface area (Å²) < 4.78 is 47.9. The fraction of sp³-hybridized carbons (Fsp3) is 0.381. The van der Waals surface area contributed by atoms with Gasteiger partial charge < -0.3 is 4.74 Å². The maximum Gasteiger partial charge on any atom is 0.416 e. The summed E-state index contributed by atoms with van der Waals surface area (Å²) in [7, 11) is 1.50. The molecule has 0 spiro atoms. The molecule has 0 aliphatic carbocycles. The zero-order valence-electron chi connectivity index (χ0n) is 17.4. The number of hydrogen-bond acceptors (Lipinski definition) is 5. The molecule has 6 nitrogen and oxygen atoms in total. The van der Waals surface area contributed by atoms with E-state index >= 15 is 0 Å². The van der Waals surface area contributed by atoms with Gasteiger partial charge in [-0.25, -0.2) is 9.48 Å². The third-order valence-corrected chi connectivity index (χ3v) is 6.12. The van der Waals surface area contributed by atoms with Gasteiger partial charge in [-0.05, 0) is 29.7 Å². The van der Waals surface area contributed by atoms with E-state index in [9.17, 15) is 22.8 Å². The second-order valence-corrected chi connectivity index (χ2v) is 8.96. The lowest BCUT2D eigenvalue weighted by Gasteiger charge is -2.17. The zero-order chi connectivity index (χ0) is 23.5. The van der Waals surface area contributed by atoms with E-state index in [0.29, 0.717) is 15.0 Å². The molecule has 0 aliphatic heterocycles. The maximum absolute atomic E-state index is 13.3. The van der Waals surface area contributed by atoms with Crippen molar-refractivity contribution in [2.75, 3.05) is 13.7 Å². The predicted molar refractivity (Wildman–Crippen MR) is 116 cm³/mol. The molecule has 2 aromatic heterocycles. The van der Waals surface area contributed by atoms with Crippen LogP contribution in [0.5, 0.6) is 0 Å². The van der Waals surface area contributed by atoms with Gasteiger partial charge in [0, 0.05) is 13.5 Å². The normalized spacial score (nSPS) is 12.8. The summed E-state index contributed by atoms with van der Waals surface area (Å²) in [4.78, 5) is 26.1. The molecule has 172 valence electrons. The first-order valence-electron chi connectivity index (χ1n) is 9.72.